The molecule has 0 spiro atoms. The number of benzene rings is 2. The summed E-state index contributed by atoms with van der Waals surface area (Å²) in [6.07, 6.45) is 0.760. The maximum atomic E-state index is 6.09. The van der Waals surface area contributed by atoms with Crippen molar-refractivity contribution in [1.29, 1.82) is 0 Å². The average molecular weight is 304 g/mol. The fraction of sp³-hybridized carbons (Fsp3) is 0.333. The van der Waals surface area contributed by atoms with E-state index < -0.39 is 0 Å². The van der Waals surface area contributed by atoms with Crippen LogP contribution in [-0.2, 0) is 6.42 Å². The molecule has 2 nitrogen and oxygen atoms in total. The standard InChI is InChI=1S/C18H22ClNO/c1-12(2)14-5-4-6-17(10-14)21-18-11-16(19)8-7-15(18)9-13(3)20/h4-8,10-13H,9,20H2,1-3H3. The van der Waals surface area contributed by atoms with E-state index in [1.54, 1.807) is 0 Å². The minimum absolute atomic E-state index is 0.0792. The van der Waals surface area contributed by atoms with Crippen LogP contribution in [0.25, 0.3) is 0 Å². The Balaban J connectivity index is 2.29. The molecule has 2 aromatic carbocycles. The van der Waals surface area contributed by atoms with E-state index in [9.17, 15) is 0 Å². The highest BCUT2D eigenvalue weighted by molar-refractivity contribution is 6.30. The first-order valence-electron chi connectivity index (χ1n) is 7.27. The second kappa shape index (κ2) is 6.97. The number of ether oxygens (including phenoxy) is 1. The van der Waals surface area contributed by atoms with Crippen molar-refractivity contribution in [2.75, 3.05) is 0 Å². The zero-order valence-electron chi connectivity index (χ0n) is 12.8. The first-order chi connectivity index (χ1) is 9.95. The van der Waals surface area contributed by atoms with Gasteiger partial charge in [-0.15, -0.1) is 0 Å². The van der Waals surface area contributed by atoms with Gasteiger partial charge >= 0.3 is 0 Å². The van der Waals surface area contributed by atoms with Gasteiger partial charge in [-0.3, -0.25) is 0 Å². The maximum Gasteiger partial charge on any atom is 0.132 e. The molecule has 0 aliphatic rings. The Labute approximate surface area is 131 Å². The lowest BCUT2D eigenvalue weighted by Gasteiger charge is -2.14. The summed E-state index contributed by atoms with van der Waals surface area (Å²) in [7, 11) is 0. The average Bonchev–Trinajstić information content (AvgIpc) is 2.42. The van der Waals surface area contributed by atoms with Gasteiger partial charge in [0.15, 0.2) is 0 Å². The molecule has 0 fully saturated rings. The highest BCUT2D eigenvalue weighted by Crippen LogP contribution is 2.30. The van der Waals surface area contributed by atoms with Crippen LogP contribution >= 0.6 is 11.6 Å². The van der Waals surface area contributed by atoms with E-state index >= 15 is 0 Å². The summed E-state index contributed by atoms with van der Waals surface area (Å²) < 4.78 is 6.04. The zero-order valence-corrected chi connectivity index (χ0v) is 13.5. The Morgan fingerprint density at radius 1 is 1.10 bits per heavy atom. The Morgan fingerprint density at radius 3 is 2.52 bits per heavy atom. The van der Waals surface area contributed by atoms with E-state index in [0.29, 0.717) is 10.9 Å². The van der Waals surface area contributed by atoms with Gasteiger partial charge in [0.1, 0.15) is 11.5 Å². The van der Waals surface area contributed by atoms with Gasteiger partial charge in [0, 0.05) is 11.1 Å². The van der Waals surface area contributed by atoms with Gasteiger partial charge in [-0.05, 0) is 54.7 Å². The van der Waals surface area contributed by atoms with E-state index in [2.05, 4.69) is 26.0 Å². The van der Waals surface area contributed by atoms with Crippen molar-refractivity contribution >= 4 is 11.6 Å². The molecule has 2 N–H and O–H groups in total. The van der Waals surface area contributed by atoms with E-state index in [0.717, 1.165) is 23.5 Å². The monoisotopic (exact) mass is 303 g/mol. The summed E-state index contributed by atoms with van der Waals surface area (Å²) in [5, 5.41) is 0.665. The fourth-order valence-corrected chi connectivity index (χ4v) is 2.37. The molecule has 112 valence electrons. The van der Waals surface area contributed by atoms with Crippen molar-refractivity contribution in [3.05, 3.63) is 58.6 Å². The normalized spacial score (nSPS) is 12.5. The van der Waals surface area contributed by atoms with Crippen LogP contribution in [0.1, 0.15) is 37.8 Å². The molecule has 0 aromatic heterocycles. The summed E-state index contributed by atoms with van der Waals surface area (Å²) in [5.41, 5.74) is 8.23. The van der Waals surface area contributed by atoms with Crippen LogP contribution < -0.4 is 10.5 Å². The third-order valence-electron chi connectivity index (χ3n) is 3.32. The quantitative estimate of drug-likeness (QED) is 0.829. The van der Waals surface area contributed by atoms with Crippen LogP contribution in [0.5, 0.6) is 11.5 Å². The Morgan fingerprint density at radius 2 is 1.86 bits per heavy atom. The predicted octanol–water partition coefficient (Wildman–Crippen LogP) is 5.15. The van der Waals surface area contributed by atoms with Crippen LogP contribution in [-0.4, -0.2) is 6.04 Å². The number of hydrogen-bond donors (Lipinski definition) is 1. The molecular weight excluding hydrogens is 282 g/mol. The molecule has 0 bridgehead atoms. The highest BCUT2D eigenvalue weighted by Gasteiger charge is 2.09. The smallest absolute Gasteiger partial charge is 0.132 e. The van der Waals surface area contributed by atoms with E-state index in [-0.39, 0.29) is 6.04 Å². The van der Waals surface area contributed by atoms with Gasteiger partial charge in [0.25, 0.3) is 0 Å². The summed E-state index contributed by atoms with van der Waals surface area (Å²) >= 11 is 6.09. The Hall–Kier alpha value is -1.51. The third kappa shape index (κ3) is 4.48. The van der Waals surface area contributed by atoms with Gasteiger partial charge < -0.3 is 10.5 Å². The van der Waals surface area contributed by atoms with Gasteiger partial charge in [0.2, 0.25) is 0 Å². The van der Waals surface area contributed by atoms with Gasteiger partial charge in [-0.1, -0.05) is 43.6 Å². The Bertz CT molecular complexity index is 608. The van der Waals surface area contributed by atoms with Crippen molar-refractivity contribution in [3.8, 4) is 11.5 Å². The molecule has 2 aromatic rings. The molecular formula is C18H22ClNO. The number of halogens is 1. The van der Waals surface area contributed by atoms with Crippen LogP contribution in [0.2, 0.25) is 5.02 Å². The van der Waals surface area contributed by atoms with Crippen molar-refractivity contribution in [2.45, 2.75) is 39.2 Å². The lowest BCUT2D eigenvalue weighted by Crippen LogP contribution is -2.18. The largest absolute Gasteiger partial charge is 0.457 e. The molecule has 0 heterocycles. The lowest BCUT2D eigenvalue weighted by molar-refractivity contribution is 0.473. The molecule has 3 heteroatoms. The number of hydrogen-bond acceptors (Lipinski definition) is 2. The van der Waals surface area contributed by atoms with Crippen molar-refractivity contribution in [1.82, 2.24) is 0 Å². The lowest BCUT2D eigenvalue weighted by atomic mass is 10.0. The van der Waals surface area contributed by atoms with Gasteiger partial charge in [-0.25, -0.2) is 0 Å². The van der Waals surface area contributed by atoms with Crippen molar-refractivity contribution in [3.63, 3.8) is 0 Å². The molecule has 0 radical (unpaired) electrons. The van der Waals surface area contributed by atoms with Gasteiger partial charge in [-0.2, -0.15) is 0 Å². The SMILES string of the molecule is CC(N)Cc1ccc(Cl)cc1Oc1cccc(C(C)C)c1. The highest BCUT2D eigenvalue weighted by atomic mass is 35.5. The first-order valence-corrected chi connectivity index (χ1v) is 7.65. The van der Waals surface area contributed by atoms with Gasteiger partial charge in [0.05, 0.1) is 0 Å². The molecule has 0 saturated carbocycles. The van der Waals surface area contributed by atoms with Crippen LogP contribution in [0.4, 0.5) is 0 Å². The maximum absolute atomic E-state index is 6.09. The van der Waals surface area contributed by atoms with Crippen LogP contribution in [0.3, 0.4) is 0 Å². The van der Waals surface area contributed by atoms with Crippen molar-refractivity contribution < 1.29 is 4.74 Å². The molecule has 1 unspecified atom stereocenters. The molecule has 21 heavy (non-hydrogen) atoms. The zero-order chi connectivity index (χ0) is 15.4. The van der Waals surface area contributed by atoms with E-state index in [1.807, 2.05) is 37.3 Å². The van der Waals surface area contributed by atoms with E-state index in [4.69, 9.17) is 22.1 Å². The van der Waals surface area contributed by atoms with Crippen molar-refractivity contribution in [2.24, 2.45) is 5.73 Å². The fourth-order valence-electron chi connectivity index (χ4n) is 2.20. The van der Waals surface area contributed by atoms with Crippen LogP contribution in [0, 0.1) is 0 Å². The first kappa shape index (κ1) is 15.9. The summed E-state index contributed by atoms with van der Waals surface area (Å²) in [6.45, 7) is 6.32. The predicted molar refractivity (Wildman–Crippen MR) is 89.4 cm³/mol. The summed E-state index contributed by atoms with van der Waals surface area (Å²) in [6, 6.07) is 13.9. The van der Waals surface area contributed by atoms with E-state index in [1.165, 1.54) is 5.56 Å². The number of nitrogens with two attached hydrogens (primary N) is 1. The molecule has 2 rings (SSSR count). The molecule has 0 aliphatic carbocycles. The minimum atomic E-state index is 0.0792. The number of rotatable bonds is 5. The topological polar surface area (TPSA) is 35.2 Å². The Kier molecular flexibility index (Phi) is 5.27. The molecule has 0 aliphatic heterocycles. The molecule has 1 atom stereocenters. The molecule has 0 amide bonds. The van der Waals surface area contributed by atoms with Crippen LogP contribution in [0.15, 0.2) is 42.5 Å². The summed E-state index contributed by atoms with van der Waals surface area (Å²) in [4.78, 5) is 0. The minimum Gasteiger partial charge on any atom is -0.457 e. The second-order valence-electron chi connectivity index (χ2n) is 5.76. The molecule has 0 saturated heterocycles. The summed E-state index contributed by atoms with van der Waals surface area (Å²) in [5.74, 6) is 2.08. The third-order valence-corrected chi connectivity index (χ3v) is 3.56. The second-order valence-corrected chi connectivity index (χ2v) is 6.20.